The third kappa shape index (κ3) is 4.39. The Morgan fingerprint density at radius 1 is 1.30 bits per heavy atom. The van der Waals surface area contributed by atoms with Gasteiger partial charge in [0.25, 0.3) is 0 Å². The van der Waals surface area contributed by atoms with E-state index in [-0.39, 0.29) is 0 Å². The maximum atomic E-state index is 6.14. The van der Waals surface area contributed by atoms with Gasteiger partial charge in [-0.05, 0) is 43.0 Å². The molecule has 0 aliphatic carbocycles. The fourth-order valence-corrected chi connectivity index (χ4v) is 2.49. The number of unbranched alkanes of at least 4 members (excludes halogenated alkanes) is 1. The predicted molar refractivity (Wildman–Crippen MR) is 86.4 cm³/mol. The molecular formula is C16H18Cl2N2. The Morgan fingerprint density at radius 2 is 2.15 bits per heavy atom. The lowest BCUT2D eigenvalue weighted by molar-refractivity contribution is 0.845. The van der Waals surface area contributed by atoms with Gasteiger partial charge in [-0.15, -0.1) is 0 Å². The summed E-state index contributed by atoms with van der Waals surface area (Å²) in [5, 5.41) is 1.44. The van der Waals surface area contributed by atoms with Gasteiger partial charge in [-0.1, -0.05) is 42.3 Å². The maximum Gasteiger partial charge on any atom is 0.106 e. The number of aryl methyl sites for hydroxylation is 2. The van der Waals surface area contributed by atoms with Gasteiger partial charge in [0, 0.05) is 16.5 Å². The number of benzene rings is 1. The topological polar surface area (TPSA) is 28.7 Å². The second kappa shape index (κ2) is 7.51. The molecule has 0 bridgehead atoms. The van der Waals surface area contributed by atoms with E-state index >= 15 is 0 Å². The van der Waals surface area contributed by atoms with Crippen molar-refractivity contribution in [3.8, 4) is 0 Å². The average Bonchev–Trinajstić information content (AvgIpc) is 2.88. The highest BCUT2D eigenvalue weighted by molar-refractivity contribution is 6.35. The highest BCUT2D eigenvalue weighted by atomic mass is 35.5. The average molecular weight is 309 g/mol. The second-order valence-electron chi connectivity index (χ2n) is 4.67. The summed E-state index contributed by atoms with van der Waals surface area (Å²) in [7, 11) is 0. The van der Waals surface area contributed by atoms with Gasteiger partial charge >= 0.3 is 0 Å². The summed E-state index contributed by atoms with van der Waals surface area (Å²) >= 11 is 12.0. The van der Waals surface area contributed by atoms with Crippen LogP contribution in [0, 0.1) is 0 Å². The molecule has 4 heteroatoms. The third-order valence-corrected chi connectivity index (χ3v) is 3.70. The lowest BCUT2D eigenvalue weighted by Crippen LogP contribution is -1.86. The number of allylic oxidation sites excluding steroid dienone is 1. The molecule has 0 fully saturated rings. The summed E-state index contributed by atoms with van der Waals surface area (Å²) in [5.41, 5.74) is 2.21. The van der Waals surface area contributed by atoms with E-state index in [1.54, 1.807) is 6.07 Å². The minimum absolute atomic E-state index is 0.685. The third-order valence-electron chi connectivity index (χ3n) is 3.11. The molecule has 0 spiro atoms. The first-order valence-electron chi connectivity index (χ1n) is 6.83. The lowest BCUT2D eigenvalue weighted by Gasteiger charge is -2.03. The van der Waals surface area contributed by atoms with Crippen LogP contribution in [-0.2, 0) is 12.8 Å². The van der Waals surface area contributed by atoms with E-state index in [2.05, 4.69) is 29.0 Å². The van der Waals surface area contributed by atoms with Gasteiger partial charge in [0.15, 0.2) is 0 Å². The number of aromatic amines is 1. The molecule has 2 rings (SSSR count). The molecule has 0 unspecified atom stereocenters. The highest BCUT2D eigenvalue weighted by Gasteiger charge is 2.00. The van der Waals surface area contributed by atoms with E-state index in [9.17, 15) is 0 Å². The normalized spacial score (nSPS) is 11.3. The van der Waals surface area contributed by atoms with E-state index in [1.165, 1.54) is 0 Å². The molecule has 0 aliphatic rings. The van der Waals surface area contributed by atoms with Crippen LogP contribution in [0.4, 0.5) is 0 Å². The number of H-pyrrole nitrogens is 1. The molecule has 106 valence electrons. The molecule has 1 heterocycles. The number of halogens is 2. The Kier molecular flexibility index (Phi) is 5.69. The van der Waals surface area contributed by atoms with Gasteiger partial charge in [-0.2, -0.15) is 0 Å². The summed E-state index contributed by atoms with van der Waals surface area (Å²) in [5.74, 6) is 1.03. The summed E-state index contributed by atoms with van der Waals surface area (Å²) < 4.78 is 0. The van der Waals surface area contributed by atoms with Crippen LogP contribution in [0.3, 0.4) is 0 Å². The molecule has 2 nitrogen and oxygen atoms in total. The molecule has 0 radical (unpaired) electrons. The molecule has 1 aromatic carbocycles. The molecule has 0 saturated heterocycles. The predicted octanol–water partition coefficient (Wildman–Crippen LogP) is 5.32. The Bertz CT molecular complexity index is 588. The molecule has 0 aliphatic heterocycles. The Morgan fingerprint density at radius 3 is 2.85 bits per heavy atom. The fourth-order valence-electron chi connectivity index (χ4n) is 1.99. The number of aromatic nitrogens is 2. The summed E-state index contributed by atoms with van der Waals surface area (Å²) in [6.07, 6.45) is 10.1. The zero-order chi connectivity index (χ0) is 14.4. The number of hydrogen-bond donors (Lipinski definition) is 1. The summed E-state index contributed by atoms with van der Waals surface area (Å²) in [4.78, 5) is 7.52. The van der Waals surface area contributed by atoms with Crippen LogP contribution in [-0.4, -0.2) is 9.97 Å². The molecule has 1 aromatic heterocycles. The standard InChI is InChI=1S/C16H18Cl2N2/c1-2-16-19-11-14(20-16)7-5-3-4-6-12-8-9-13(17)10-15(12)18/h5,7-11H,2-4,6H2,1H3,(H,19,20). The summed E-state index contributed by atoms with van der Waals surface area (Å²) in [6, 6.07) is 5.68. The van der Waals surface area contributed by atoms with Crippen LogP contribution in [0.5, 0.6) is 0 Å². The molecule has 1 N–H and O–H groups in total. The van der Waals surface area contributed by atoms with Crippen LogP contribution in [0.25, 0.3) is 6.08 Å². The van der Waals surface area contributed by atoms with E-state index < -0.39 is 0 Å². The number of hydrogen-bond acceptors (Lipinski definition) is 1. The van der Waals surface area contributed by atoms with Crippen molar-refractivity contribution < 1.29 is 0 Å². The lowest BCUT2D eigenvalue weighted by atomic mass is 10.1. The minimum Gasteiger partial charge on any atom is -0.343 e. The number of rotatable bonds is 6. The van der Waals surface area contributed by atoms with Crippen molar-refractivity contribution in [1.82, 2.24) is 9.97 Å². The van der Waals surface area contributed by atoms with Crippen molar-refractivity contribution in [2.45, 2.75) is 32.6 Å². The van der Waals surface area contributed by atoms with Crippen LogP contribution < -0.4 is 0 Å². The van der Waals surface area contributed by atoms with Crippen molar-refractivity contribution in [1.29, 1.82) is 0 Å². The smallest absolute Gasteiger partial charge is 0.106 e. The molecule has 0 atom stereocenters. The number of nitrogens with zero attached hydrogens (tertiary/aromatic N) is 1. The van der Waals surface area contributed by atoms with Gasteiger partial charge in [0.05, 0.1) is 11.9 Å². The zero-order valence-corrected chi connectivity index (χ0v) is 13.0. The molecular weight excluding hydrogens is 291 g/mol. The van der Waals surface area contributed by atoms with E-state index in [0.29, 0.717) is 5.02 Å². The Hall–Kier alpha value is -1.25. The van der Waals surface area contributed by atoms with Crippen LogP contribution in [0.1, 0.15) is 36.8 Å². The minimum atomic E-state index is 0.685. The van der Waals surface area contributed by atoms with Crippen LogP contribution in [0.15, 0.2) is 30.5 Å². The van der Waals surface area contributed by atoms with Gasteiger partial charge in [-0.25, -0.2) is 4.98 Å². The SMILES string of the molecule is CCc1ncc(C=CCCCc2ccc(Cl)cc2Cl)[nH]1. The van der Waals surface area contributed by atoms with Gasteiger partial charge < -0.3 is 4.98 Å². The largest absolute Gasteiger partial charge is 0.343 e. The molecule has 0 amide bonds. The fraction of sp³-hybridized carbons (Fsp3) is 0.312. The first-order valence-corrected chi connectivity index (χ1v) is 7.59. The van der Waals surface area contributed by atoms with Gasteiger partial charge in [0.2, 0.25) is 0 Å². The van der Waals surface area contributed by atoms with Crippen molar-refractivity contribution in [3.63, 3.8) is 0 Å². The molecule has 2 aromatic rings. The van der Waals surface area contributed by atoms with Crippen molar-refractivity contribution in [2.24, 2.45) is 0 Å². The van der Waals surface area contributed by atoms with Crippen molar-refractivity contribution in [2.75, 3.05) is 0 Å². The zero-order valence-electron chi connectivity index (χ0n) is 11.5. The number of nitrogens with one attached hydrogen (secondary N) is 1. The molecule has 20 heavy (non-hydrogen) atoms. The second-order valence-corrected chi connectivity index (χ2v) is 5.51. The van der Waals surface area contributed by atoms with Gasteiger partial charge in [0.1, 0.15) is 5.82 Å². The summed E-state index contributed by atoms with van der Waals surface area (Å²) in [6.45, 7) is 2.09. The van der Waals surface area contributed by atoms with E-state index in [1.807, 2.05) is 18.3 Å². The van der Waals surface area contributed by atoms with Crippen LogP contribution in [0.2, 0.25) is 10.0 Å². The first kappa shape index (κ1) is 15.1. The highest BCUT2D eigenvalue weighted by Crippen LogP contribution is 2.22. The Balaban J connectivity index is 1.78. The Labute approximate surface area is 129 Å². The van der Waals surface area contributed by atoms with E-state index in [4.69, 9.17) is 23.2 Å². The van der Waals surface area contributed by atoms with Crippen LogP contribution >= 0.6 is 23.2 Å². The maximum absolute atomic E-state index is 6.14. The monoisotopic (exact) mass is 308 g/mol. The van der Waals surface area contributed by atoms with E-state index in [0.717, 1.165) is 47.8 Å². The quantitative estimate of drug-likeness (QED) is 0.719. The molecule has 0 saturated carbocycles. The first-order chi connectivity index (χ1) is 9.69. The number of imidazole rings is 1. The van der Waals surface area contributed by atoms with Crippen molar-refractivity contribution >= 4 is 29.3 Å². The van der Waals surface area contributed by atoms with Gasteiger partial charge in [-0.3, -0.25) is 0 Å². The van der Waals surface area contributed by atoms with Crippen molar-refractivity contribution in [3.05, 3.63) is 57.6 Å².